The van der Waals surface area contributed by atoms with Crippen molar-refractivity contribution in [3.8, 4) is 11.5 Å². The number of hydrogen-bond acceptors (Lipinski definition) is 4. The van der Waals surface area contributed by atoms with Crippen LogP contribution in [0.4, 0.5) is 0 Å². The summed E-state index contributed by atoms with van der Waals surface area (Å²) in [5.41, 5.74) is 0. The molecule has 20 heavy (non-hydrogen) atoms. The van der Waals surface area contributed by atoms with Crippen molar-refractivity contribution in [3.05, 3.63) is 24.3 Å². The van der Waals surface area contributed by atoms with Gasteiger partial charge in [-0.15, -0.1) is 0 Å². The standard InChI is InChI=1S/C16H25NO3/c1-2-19-15-5-3-4-6-16(15)20-12-10-17-9-7-14(13-17)8-11-18/h3-6,14,18H,2,7-13H2,1H3. The number of ether oxygens (including phenoxy) is 2. The zero-order valence-corrected chi connectivity index (χ0v) is 12.3. The fourth-order valence-electron chi connectivity index (χ4n) is 2.66. The average molecular weight is 279 g/mol. The number of aliphatic hydroxyl groups is 1. The van der Waals surface area contributed by atoms with Gasteiger partial charge < -0.3 is 14.6 Å². The Kier molecular flexibility index (Phi) is 6.15. The molecule has 1 aliphatic rings. The van der Waals surface area contributed by atoms with Crippen molar-refractivity contribution in [1.82, 2.24) is 4.90 Å². The first-order valence-electron chi connectivity index (χ1n) is 7.51. The van der Waals surface area contributed by atoms with Gasteiger partial charge in [-0.2, -0.15) is 0 Å². The maximum Gasteiger partial charge on any atom is 0.161 e. The van der Waals surface area contributed by atoms with E-state index in [9.17, 15) is 0 Å². The maximum atomic E-state index is 8.96. The van der Waals surface area contributed by atoms with Gasteiger partial charge in [-0.25, -0.2) is 0 Å². The Morgan fingerprint density at radius 2 is 2.00 bits per heavy atom. The summed E-state index contributed by atoms with van der Waals surface area (Å²) >= 11 is 0. The van der Waals surface area contributed by atoms with Crippen LogP contribution in [0.2, 0.25) is 0 Å². The van der Waals surface area contributed by atoms with Gasteiger partial charge >= 0.3 is 0 Å². The fourth-order valence-corrected chi connectivity index (χ4v) is 2.66. The third-order valence-electron chi connectivity index (χ3n) is 3.72. The molecular formula is C16H25NO3. The summed E-state index contributed by atoms with van der Waals surface area (Å²) in [4.78, 5) is 2.41. The topological polar surface area (TPSA) is 41.9 Å². The van der Waals surface area contributed by atoms with E-state index in [-0.39, 0.29) is 0 Å². The minimum atomic E-state index is 0.302. The Hall–Kier alpha value is -1.26. The normalized spacial score (nSPS) is 19.2. The molecule has 0 saturated carbocycles. The van der Waals surface area contributed by atoms with Crippen LogP contribution in [0.1, 0.15) is 19.8 Å². The monoisotopic (exact) mass is 279 g/mol. The summed E-state index contributed by atoms with van der Waals surface area (Å²) in [5, 5.41) is 8.96. The molecule has 0 aliphatic carbocycles. The van der Waals surface area contributed by atoms with Gasteiger partial charge in [0.1, 0.15) is 6.61 Å². The van der Waals surface area contributed by atoms with Gasteiger partial charge in [-0.1, -0.05) is 12.1 Å². The van der Waals surface area contributed by atoms with Crippen molar-refractivity contribution >= 4 is 0 Å². The molecule has 2 rings (SSSR count). The Morgan fingerprint density at radius 3 is 2.70 bits per heavy atom. The van der Waals surface area contributed by atoms with Gasteiger partial charge in [0.15, 0.2) is 11.5 Å². The van der Waals surface area contributed by atoms with E-state index in [4.69, 9.17) is 14.6 Å². The molecule has 4 nitrogen and oxygen atoms in total. The molecule has 1 heterocycles. The van der Waals surface area contributed by atoms with Gasteiger partial charge in [0.2, 0.25) is 0 Å². The Bertz CT molecular complexity index is 397. The van der Waals surface area contributed by atoms with Crippen molar-refractivity contribution < 1.29 is 14.6 Å². The first-order valence-corrected chi connectivity index (χ1v) is 7.51. The summed E-state index contributed by atoms with van der Waals surface area (Å²) in [5.74, 6) is 2.28. The van der Waals surface area contributed by atoms with Gasteiger partial charge in [-0.05, 0) is 44.4 Å². The molecule has 1 saturated heterocycles. The predicted octanol–water partition coefficient (Wildman–Crippen LogP) is 2.17. The lowest BCUT2D eigenvalue weighted by Crippen LogP contribution is -2.26. The van der Waals surface area contributed by atoms with Gasteiger partial charge in [0, 0.05) is 19.7 Å². The first kappa shape index (κ1) is 15.1. The highest BCUT2D eigenvalue weighted by atomic mass is 16.5. The molecule has 0 amide bonds. The van der Waals surface area contributed by atoms with E-state index in [1.807, 2.05) is 31.2 Å². The molecule has 0 radical (unpaired) electrons. The first-order chi connectivity index (χ1) is 9.83. The van der Waals surface area contributed by atoms with Crippen molar-refractivity contribution in [1.29, 1.82) is 0 Å². The number of benzene rings is 1. The summed E-state index contributed by atoms with van der Waals surface area (Å²) < 4.78 is 11.4. The van der Waals surface area contributed by atoms with Crippen molar-refractivity contribution in [2.24, 2.45) is 5.92 Å². The van der Waals surface area contributed by atoms with Crippen molar-refractivity contribution in [2.45, 2.75) is 19.8 Å². The minimum absolute atomic E-state index is 0.302. The van der Waals surface area contributed by atoms with Crippen LogP contribution in [0.25, 0.3) is 0 Å². The fraction of sp³-hybridized carbons (Fsp3) is 0.625. The number of likely N-dealkylation sites (tertiary alicyclic amines) is 1. The van der Waals surface area contributed by atoms with Gasteiger partial charge in [0.25, 0.3) is 0 Å². The third kappa shape index (κ3) is 4.39. The van der Waals surface area contributed by atoms with E-state index < -0.39 is 0 Å². The summed E-state index contributed by atoms with van der Waals surface area (Å²) in [7, 11) is 0. The lowest BCUT2D eigenvalue weighted by molar-refractivity contribution is 0.215. The highest BCUT2D eigenvalue weighted by Gasteiger charge is 2.21. The molecule has 1 N–H and O–H groups in total. The molecular weight excluding hydrogens is 254 g/mol. The highest BCUT2D eigenvalue weighted by molar-refractivity contribution is 5.39. The summed E-state index contributed by atoms with van der Waals surface area (Å²) in [6, 6.07) is 7.80. The van der Waals surface area contributed by atoms with E-state index in [2.05, 4.69) is 4.90 Å². The molecule has 1 aromatic rings. The lowest BCUT2D eigenvalue weighted by atomic mass is 10.1. The molecule has 112 valence electrons. The van der Waals surface area contributed by atoms with Crippen LogP contribution in [0.15, 0.2) is 24.3 Å². The number of nitrogens with zero attached hydrogens (tertiary/aromatic N) is 1. The van der Waals surface area contributed by atoms with Crippen molar-refractivity contribution in [3.63, 3.8) is 0 Å². The molecule has 0 aromatic heterocycles. The van der Waals surface area contributed by atoms with E-state index >= 15 is 0 Å². The highest BCUT2D eigenvalue weighted by Crippen LogP contribution is 2.26. The largest absolute Gasteiger partial charge is 0.490 e. The smallest absolute Gasteiger partial charge is 0.161 e. The molecule has 1 fully saturated rings. The van der Waals surface area contributed by atoms with E-state index in [0.29, 0.717) is 25.7 Å². The quantitative estimate of drug-likeness (QED) is 0.792. The maximum absolute atomic E-state index is 8.96. The van der Waals surface area contributed by atoms with Crippen LogP contribution in [-0.4, -0.2) is 49.5 Å². The number of aliphatic hydroxyl groups excluding tert-OH is 1. The third-order valence-corrected chi connectivity index (χ3v) is 3.72. The molecule has 4 heteroatoms. The summed E-state index contributed by atoms with van der Waals surface area (Å²) in [6.07, 6.45) is 2.11. The van der Waals surface area contributed by atoms with Crippen LogP contribution in [0.5, 0.6) is 11.5 Å². The van der Waals surface area contributed by atoms with E-state index in [1.165, 1.54) is 6.42 Å². The minimum Gasteiger partial charge on any atom is -0.490 e. The SMILES string of the molecule is CCOc1ccccc1OCCN1CCC(CCO)C1. The molecule has 1 unspecified atom stereocenters. The molecule has 1 atom stereocenters. The van der Waals surface area contributed by atoms with Gasteiger partial charge in [0.05, 0.1) is 6.61 Å². The van der Waals surface area contributed by atoms with Crippen molar-refractivity contribution in [2.75, 3.05) is 39.5 Å². The second-order valence-corrected chi connectivity index (χ2v) is 5.20. The zero-order valence-electron chi connectivity index (χ0n) is 12.3. The summed E-state index contributed by atoms with van der Waals surface area (Å²) in [6.45, 7) is 6.73. The second kappa shape index (κ2) is 8.12. The number of hydrogen-bond donors (Lipinski definition) is 1. The Morgan fingerprint density at radius 1 is 1.25 bits per heavy atom. The molecule has 1 aliphatic heterocycles. The zero-order chi connectivity index (χ0) is 14.2. The van der Waals surface area contributed by atoms with Crippen LogP contribution >= 0.6 is 0 Å². The molecule has 0 bridgehead atoms. The van der Waals surface area contributed by atoms with Crippen LogP contribution < -0.4 is 9.47 Å². The van der Waals surface area contributed by atoms with Crippen LogP contribution in [0, 0.1) is 5.92 Å². The lowest BCUT2D eigenvalue weighted by Gasteiger charge is -2.17. The molecule has 0 spiro atoms. The van der Waals surface area contributed by atoms with Crippen LogP contribution in [-0.2, 0) is 0 Å². The Labute approximate surface area is 121 Å². The predicted molar refractivity (Wildman–Crippen MR) is 79.4 cm³/mol. The van der Waals surface area contributed by atoms with E-state index in [0.717, 1.165) is 37.6 Å². The average Bonchev–Trinajstić information content (AvgIpc) is 2.89. The van der Waals surface area contributed by atoms with E-state index in [1.54, 1.807) is 0 Å². The Balaban J connectivity index is 1.73. The van der Waals surface area contributed by atoms with Gasteiger partial charge in [-0.3, -0.25) is 4.90 Å². The number of para-hydroxylation sites is 2. The van der Waals surface area contributed by atoms with Crippen LogP contribution in [0.3, 0.4) is 0 Å². The number of rotatable bonds is 8. The second-order valence-electron chi connectivity index (χ2n) is 5.20. The molecule has 1 aromatic carbocycles.